The van der Waals surface area contributed by atoms with Crippen molar-refractivity contribution >= 4 is 70.0 Å². The third-order valence-corrected chi connectivity index (χ3v) is 19.2. The summed E-state index contributed by atoms with van der Waals surface area (Å²) in [5, 5.41) is 33.3. The molecular weight excluding hydrogens is 1270 g/mol. The standard InChI is InChI=1S/C73H95FN12O13/c1-45(87)40-78-69(94)65-61-28-34-85(65)70(95)59-38-53-43-83(60-24-21-54(74)39-56(53)60)31-9-7-8-10-32-84(42-50-17-15-48(16-18-50)27-30-76-72(97)73(4)29-12-33-86(73)71(96)58(75-5)36-49-19-22-55(98-6)23-20-49)64(90)26-25-62(88)79-46(2)66(91)80-47(3)67(92)81-57(68(93)82-59)37-51-13-11-14-52(35-51)41-77-63(89)44-99-61/h11,13-24,35,39,43,45-47,57-59,61,65,75,87H,7-10,12,25-34,36-38,40-42,44H2,1-6H3,(H,76,97)(H,77,89)(H,78,94)(H,79,88)(H,80,91)(H,81,92)(H,82,93)/t45-,46+,47-,57+,58+,59+,61+,65-,73+/m1/s1. The van der Waals surface area contributed by atoms with Gasteiger partial charge in [0.25, 0.3) is 0 Å². The lowest BCUT2D eigenvalue weighted by Gasteiger charge is -2.36. The lowest BCUT2D eigenvalue weighted by atomic mass is 9.95. The number of rotatable bonds is 14. The van der Waals surface area contributed by atoms with Crippen LogP contribution in [-0.2, 0) is 98.0 Å². The van der Waals surface area contributed by atoms with Crippen molar-refractivity contribution in [3.05, 3.63) is 136 Å². The minimum absolute atomic E-state index is 0.0387. The molecular formula is C73H95FN12O13. The number of benzene rings is 4. The topological polar surface area (TPSA) is 320 Å². The van der Waals surface area contributed by atoms with Gasteiger partial charge in [0.2, 0.25) is 59.1 Å². The van der Waals surface area contributed by atoms with Crippen LogP contribution in [0.1, 0.15) is 119 Å². The predicted octanol–water partition coefficient (Wildman–Crippen LogP) is 2.92. The van der Waals surface area contributed by atoms with E-state index in [0.717, 1.165) is 22.4 Å². The molecule has 5 aromatic rings. The van der Waals surface area contributed by atoms with E-state index in [4.69, 9.17) is 9.47 Å². The van der Waals surface area contributed by atoms with Crippen molar-refractivity contribution in [3.8, 4) is 5.75 Å². The third-order valence-electron chi connectivity index (χ3n) is 19.2. The summed E-state index contributed by atoms with van der Waals surface area (Å²) in [6, 6.07) is 19.4. The zero-order valence-corrected chi connectivity index (χ0v) is 57.4. The number of nitrogens with one attached hydrogen (secondary N) is 8. The fourth-order valence-corrected chi connectivity index (χ4v) is 13.5. The van der Waals surface area contributed by atoms with E-state index in [9.17, 15) is 43.5 Å². The summed E-state index contributed by atoms with van der Waals surface area (Å²) in [5.74, 6) is -5.26. The molecule has 532 valence electrons. The van der Waals surface area contributed by atoms with Crippen LogP contribution in [0.3, 0.4) is 0 Å². The highest BCUT2D eigenvalue weighted by atomic mass is 19.1. The monoisotopic (exact) mass is 1370 g/mol. The van der Waals surface area contributed by atoms with Crippen molar-refractivity contribution in [1.29, 1.82) is 0 Å². The average molecular weight is 1370 g/mol. The number of aryl methyl sites for hydroxylation is 1. The molecule has 25 nitrogen and oxygen atoms in total. The summed E-state index contributed by atoms with van der Waals surface area (Å²) in [6.45, 7) is 7.37. The number of hydrogen-bond donors (Lipinski definition) is 9. The molecule has 2 fully saturated rings. The second kappa shape index (κ2) is 34.5. The highest BCUT2D eigenvalue weighted by Gasteiger charge is 2.48. The van der Waals surface area contributed by atoms with E-state index in [1.165, 1.54) is 37.8 Å². The Hall–Kier alpha value is -9.27. The molecule has 0 unspecified atom stereocenters. The van der Waals surface area contributed by atoms with Crippen molar-refractivity contribution < 1.29 is 66.9 Å². The lowest BCUT2D eigenvalue weighted by Crippen LogP contribution is -2.60. The van der Waals surface area contributed by atoms with E-state index in [2.05, 4.69) is 42.5 Å². The van der Waals surface area contributed by atoms with E-state index >= 15 is 14.0 Å². The molecule has 2 saturated heterocycles. The van der Waals surface area contributed by atoms with Gasteiger partial charge in [0, 0.05) is 95.1 Å². The fourth-order valence-electron chi connectivity index (χ4n) is 13.5. The van der Waals surface area contributed by atoms with Crippen molar-refractivity contribution in [1.82, 2.24) is 61.8 Å². The van der Waals surface area contributed by atoms with Gasteiger partial charge in [-0.25, -0.2) is 4.39 Å². The van der Waals surface area contributed by atoms with Crippen molar-refractivity contribution in [3.63, 3.8) is 0 Å². The van der Waals surface area contributed by atoms with Gasteiger partial charge >= 0.3 is 0 Å². The molecule has 4 aromatic carbocycles. The molecule has 1 aromatic heterocycles. The normalized spacial score (nSPS) is 23.6. The van der Waals surface area contributed by atoms with Crippen LogP contribution < -0.4 is 47.3 Å². The smallest absolute Gasteiger partial charge is 0.246 e. The number of halogens is 1. The molecule has 9 rings (SSSR count). The number of fused-ring (bicyclic) bond motifs is 12. The first-order valence-corrected chi connectivity index (χ1v) is 34.5. The fraction of sp³-hybridized carbons (Fsp3) is 0.507. The number of likely N-dealkylation sites (N-methyl/N-ethyl adjacent to an activating group) is 1. The van der Waals surface area contributed by atoms with Crippen LogP contribution in [-0.4, -0.2) is 191 Å². The molecule has 0 aliphatic carbocycles. The first kappa shape index (κ1) is 74.0. The molecule has 0 spiro atoms. The molecule has 10 amide bonds. The number of carbonyl (C=O) groups excluding carboxylic acids is 10. The second-order valence-electron chi connectivity index (χ2n) is 26.7. The number of aliphatic hydroxyl groups excluding tert-OH is 1. The number of aliphatic hydroxyl groups is 1. The molecule has 8 bridgehead atoms. The van der Waals surface area contributed by atoms with E-state index in [-0.39, 0.29) is 76.0 Å². The van der Waals surface area contributed by atoms with E-state index in [1.807, 2.05) is 66.2 Å². The number of methoxy groups -OCH3 is 1. The molecule has 9 atom stereocenters. The summed E-state index contributed by atoms with van der Waals surface area (Å²) in [7, 11) is 3.34. The Balaban J connectivity index is 0.919. The maximum absolute atomic E-state index is 15.4. The number of nitrogens with zero attached hydrogens (tertiary/aromatic N) is 4. The van der Waals surface area contributed by atoms with Gasteiger partial charge in [-0.3, -0.25) is 47.9 Å². The first-order valence-electron chi connectivity index (χ1n) is 34.5. The summed E-state index contributed by atoms with van der Waals surface area (Å²) < 4.78 is 28.8. The maximum Gasteiger partial charge on any atom is 0.246 e. The van der Waals surface area contributed by atoms with Gasteiger partial charge in [-0.05, 0) is 143 Å². The molecule has 0 radical (unpaired) electrons. The SMILES string of the molecule is CN[C@@H](Cc1ccc(OC)cc1)C(=O)N1CCC[C@@]1(C)C(=O)NCCc1ccc(CN2CCCCCCn3cc(c4cc(F)ccc43)C[C@@H]3NC(=O)[C@H](Cc4cccc(c4)CNC(=O)CO[C@H]4CCN(C3=O)[C@H]4C(=O)NC[C@@H](C)O)NC(=O)[C@@H](C)NC(=O)[C@H](C)NC(=O)CCC2=O)cc1. The van der Waals surface area contributed by atoms with Crippen LogP contribution in [0.2, 0.25) is 0 Å². The van der Waals surface area contributed by atoms with Crippen LogP contribution in [0, 0.1) is 5.82 Å². The Morgan fingerprint density at radius 2 is 1.44 bits per heavy atom. The molecule has 4 aliphatic heterocycles. The zero-order chi connectivity index (χ0) is 70.9. The highest BCUT2D eigenvalue weighted by Crippen LogP contribution is 2.32. The van der Waals surface area contributed by atoms with Gasteiger partial charge in [0.1, 0.15) is 53.9 Å². The Labute approximate surface area is 576 Å². The first-order chi connectivity index (χ1) is 47.5. The number of carbonyl (C=O) groups is 10. The minimum atomic E-state index is -1.45. The average Bonchev–Trinajstić information content (AvgIpc) is 1.67. The largest absolute Gasteiger partial charge is 0.497 e. The minimum Gasteiger partial charge on any atom is -0.497 e. The van der Waals surface area contributed by atoms with Crippen molar-refractivity contribution in [2.45, 2.75) is 185 Å². The van der Waals surface area contributed by atoms with Gasteiger partial charge in [0.05, 0.1) is 25.4 Å². The Morgan fingerprint density at radius 1 is 0.747 bits per heavy atom. The molecule has 99 heavy (non-hydrogen) atoms. The summed E-state index contributed by atoms with van der Waals surface area (Å²) >= 11 is 0. The van der Waals surface area contributed by atoms with Gasteiger partial charge in [-0.15, -0.1) is 0 Å². The summed E-state index contributed by atoms with van der Waals surface area (Å²) in [5.41, 5.74) is 4.06. The van der Waals surface area contributed by atoms with E-state index < -0.39 is 108 Å². The van der Waals surface area contributed by atoms with Crippen LogP contribution in [0.4, 0.5) is 4.39 Å². The second-order valence-corrected chi connectivity index (χ2v) is 26.7. The van der Waals surface area contributed by atoms with Crippen molar-refractivity contribution in [2.75, 3.05) is 53.5 Å². The maximum atomic E-state index is 15.4. The zero-order valence-electron chi connectivity index (χ0n) is 57.4. The molecule has 5 heterocycles. The van der Waals surface area contributed by atoms with Gasteiger partial charge in [-0.2, -0.15) is 0 Å². The molecule has 26 heteroatoms. The molecule has 4 aliphatic rings. The quantitative estimate of drug-likeness (QED) is 0.0773. The predicted molar refractivity (Wildman–Crippen MR) is 366 cm³/mol. The number of ether oxygens (including phenoxy) is 2. The van der Waals surface area contributed by atoms with Gasteiger partial charge < -0.3 is 76.4 Å². The number of hydrogen-bond acceptors (Lipinski definition) is 14. The summed E-state index contributed by atoms with van der Waals surface area (Å²) in [4.78, 5) is 146. The number of likely N-dealkylation sites (tertiary alicyclic amines) is 1. The molecule has 0 saturated carbocycles. The van der Waals surface area contributed by atoms with Gasteiger partial charge in [-0.1, -0.05) is 73.5 Å². The number of amides is 10. The van der Waals surface area contributed by atoms with E-state index in [1.54, 1.807) is 54.3 Å². The summed E-state index contributed by atoms with van der Waals surface area (Å²) in [6.07, 6.45) is 4.07. The van der Waals surface area contributed by atoms with Crippen LogP contribution >= 0.6 is 0 Å². The highest BCUT2D eigenvalue weighted by molar-refractivity contribution is 5.98. The van der Waals surface area contributed by atoms with Gasteiger partial charge in [0.15, 0.2) is 0 Å². The lowest BCUT2D eigenvalue weighted by molar-refractivity contribution is -0.145. The van der Waals surface area contributed by atoms with Crippen LogP contribution in [0.25, 0.3) is 10.9 Å². The Bertz CT molecular complexity index is 3720. The van der Waals surface area contributed by atoms with Crippen LogP contribution in [0.5, 0.6) is 5.75 Å². The Morgan fingerprint density at radius 3 is 2.18 bits per heavy atom. The Kier molecular flexibility index (Phi) is 25.8. The molecule has 9 N–H and O–H groups in total. The van der Waals surface area contributed by atoms with E-state index in [0.29, 0.717) is 105 Å². The number of aromatic nitrogens is 1. The van der Waals surface area contributed by atoms with Crippen LogP contribution in [0.15, 0.2) is 97.2 Å². The van der Waals surface area contributed by atoms with Crippen molar-refractivity contribution in [2.24, 2.45) is 0 Å². The third kappa shape index (κ3) is 19.6.